The molecule has 0 saturated carbocycles. The Hall–Kier alpha value is -1.64. The summed E-state index contributed by atoms with van der Waals surface area (Å²) in [6, 6.07) is 0. The second kappa shape index (κ2) is 4.08. The minimum Gasteiger partial charge on any atom is -0.355 e. The number of imidazole rings is 1. The zero-order chi connectivity index (χ0) is 11.6. The number of aromatic nitrogens is 4. The molecule has 2 aromatic heterocycles. The van der Waals surface area contributed by atoms with E-state index in [-0.39, 0.29) is 5.13 Å². The average Bonchev–Trinajstić information content (AvgIpc) is 2.85. The molecule has 0 atom stereocenters. The predicted molar refractivity (Wildman–Crippen MR) is 50.8 cm³/mol. The highest BCUT2D eigenvalue weighted by molar-refractivity contribution is 7.09. The Labute approximate surface area is 91.9 Å². The molecule has 0 bridgehead atoms. The molecule has 0 aliphatic rings. The molecule has 0 spiro atoms. The van der Waals surface area contributed by atoms with Crippen LogP contribution in [0.3, 0.4) is 0 Å². The minimum atomic E-state index is -4.50. The monoisotopic (exact) mass is 249 g/mol. The van der Waals surface area contributed by atoms with Crippen LogP contribution in [0.1, 0.15) is 11.5 Å². The van der Waals surface area contributed by atoms with Gasteiger partial charge in [0.15, 0.2) is 0 Å². The normalized spacial score (nSPS) is 11.7. The predicted octanol–water partition coefficient (Wildman–Crippen LogP) is 1.89. The second-order valence-corrected chi connectivity index (χ2v) is 3.60. The van der Waals surface area contributed by atoms with Gasteiger partial charge < -0.3 is 10.3 Å². The Kier molecular flexibility index (Phi) is 2.77. The highest BCUT2D eigenvalue weighted by Crippen LogP contribution is 2.28. The number of hydrogen-bond donors (Lipinski definition) is 2. The summed E-state index contributed by atoms with van der Waals surface area (Å²) in [5.74, 6) is -1.12. The lowest BCUT2D eigenvalue weighted by Crippen LogP contribution is -2.07. The van der Waals surface area contributed by atoms with E-state index in [0.717, 1.165) is 5.69 Å². The summed E-state index contributed by atoms with van der Waals surface area (Å²) in [7, 11) is 0. The smallest absolute Gasteiger partial charge is 0.355 e. The van der Waals surface area contributed by atoms with Crippen LogP contribution in [0, 0.1) is 0 Å². The third-order valence-corrected chi connectivity index (χ3v) is 2.34. The Bertz CT molecular complexity index is 449. The van der Waals surface area contributed by atoms with Crippen molar-refractivity contribution in [3.8, 4) is 0 Å². The van der Waals surface area contributed by atoms with Crippen molar-refractivity contribution in [1.29, 1.82) is 0 Å². The molecule has 0 unspecified atom stereocenters. The molecule has 2 heterocycles. The van der Waals surface area contributed by atoms with E-state index in [9.17, 15) is 13.2 Å². The summed E-state index contributed by atoms with van der Waals surface area (Å²) in [6.07, 6.45) is -1.44. The molecular formula is C7H6F3N5S. The molecule has 2 aromatic rings. The van der Waals surface area contributed by atoms with Crippen LogP contribution >= 0.6 is 11.5 Å². The standard InChI is InChI=1S/C7H6F3N5S/c8-7(9,10)5-14-6(16-15-5)12-2-4-1-11-3-13-4/h1,3H,2H2,(H,11,13)(H,12,14,15). The quantitative estimate of drug-likeness (QED) is 0.871. The molecule has 2 rings (SSSR count). The van der Waals surface area contributed by atoms with Crippen LogP contribution in [0.15, 0.2) is 12.5 Å². The van der Waals surface area contributed by atoms with Gasteiger partial charge in [0, 0.05) is 17.7 Å². The molecule has 9 heteroatoms. The van der Waals surface area contributed by atoms with Gasteiger partial charge in [0.2, 0.25) is 11.0 Å². The number of H-pyrrole nitrogens is 1. The highest BCUT2D eigenvalue weighted by Gasteiger charge is 2.36. The Balaban J connectivity index is 1.98. The average molecular weight is 249 g/mol. The maximum absolute atomic E-state index is 12.2. The molecule has 5 nitrogen and oxygen atoms in total. The van der Waals surface area contributed by atoms with E-state index < -0.39 is 12.0 Å². The van der Waals surface area contributed by atoms with Gasteiger partial charge in [-0.25, -0.2) is 4.98 Å². The van der Waals surface area contributed by atoms with Gasteiger partial charge in [-0.15, -0.1) is 0 Å². The van der Waals surface area contributed by atoms with Gasteiger partial charge >= 0.3 is 6.18 Å². The lowest BCUT2D eigenvalue weighted by molar-refractivity contribution is -0.144. The first-order valence-corrected chi connectivity index (χ1v) is 4.95. The summed E-state index contributed by atoms with van der Waals surface area (Å²) in [5, 5.41) is 2.84. The zero-order valence-electron chi connectivity index (χ0n) is 7.75. The lowest BCUT2D eigenvalue weighted by atomic mass is 10.5. The summed E-state index contributed by atoms with van der Waals surface area (Å²) in [4.78, 5) is 9.89. The van der Waals surface area contributed by atoms with Crippen molar-refractivity contribution in [2.75, 3.05) is 5.32 Å². The van der Waals surface area contributed by atoms with Crippen LogP contribution in [-0.4, -0.2) is 19.3 Å². The maximum Gasteiger partial charge on any atom is 0.452 e. The number of alkyl halides is 3. The van der Waals surface area contributed by atoms with Crippen LogP contribution in [0.25, 0.3) is 0 Å². The number of nitrogens with one attached hydrogen (secondary N) is 2. The Morgan fingerprint density at radius 2 is 2.25 bits per heavy atom. The molecule has 0 aliphatic carbocycles. The van der Waals surface area contributed by atoms with Crippen molar-refractivity contribution in [3.63, 3.8) is 0 Å². The number of aromatic amines is 1. The van der Waals surface area contributed by atoms with E-state index >= 15 is 0 Å². The first-order chi connectivity index (χ1) is 7.55. The Morgan fingerprint density at radius 1 is 1.44 bits per heavy atom. The number of hydrogen-bond acceptors (Lipinski definition) is 5. The van der Waals surface area contributed by atoms with Crippen LogP contribution in [0.2, 0.25) is 0 Å². The van der Waals surface area contributed by atoms with Crippen LogP contribution < -0.4 is 5.32 Å². The number of rotatable bonds is 3. The van der Waals surface area contributed by atoms with Crippen molar-refractivity contribution in [3.05, 3.63) is 24.0 Å². The van der Waals surface area contributed by atoms with Crippen molar-refractivity contribution in [2.45, 2.75) is 12.7 Å². The van der Waals surface area contributed by atoms with Crippen molar-refractivity contribution >= 4 is 16.7 Å². The summed E-state index contributed by atoms with van der Waals surface area (Å²) in [6.45, 7) is 0.326. The molecule has 0 radical (unpaired) electrons. The molecule has 0 aliphatic heterocycles. The second-order valence-electron chi connectivity index (χ2n) is 2.85. The molecular weight excluding hydrogens is 243 g/mol. The molecule has 0 aromatic carbocycles. The molecule has 0 fully saturated rings. The van der Waals surface area contributed by atoms with Crippen molar-refractivity contribution in [2.24, 2.45) is 0 Å². The largest absolute Gasteiger partial charge is 0.452 e. The van der Waals surface area contributed by atoms with Crippen LogP contribution in [-0.2, 0) is 12.7 Å². The van der Waals surface area contributed by atoms with Crippen molar-refractivity contribution in [1.82, 2.24) is 19.3 Å². The number of nitrogens with zero attached hydrogens (tertiary/aromatic N) is 3. The molecule has 2 N–H and O–H groups in total. The Morgan fingerprint density at radius 3 is 2.81 bits per heavy atom. The molecule has 16 heavy (non-hydrogen) atoms. The number of anilines is 1. The van der Waals surface area contributed by atoms with E-state index in [1.165, 1.54) is 6.33 Å². The molecule has 0 saturated heterocycles. The fourth-order valence-electron chi connectivity index (χ4n) is 0.963. The van der Waals surface area contributed by atoms with E-state index in [0.29, 0.717) is 18.1 Å². The summed E-state index contributed by atoms with van der Waals surface area (Å²) in [5.41, 5.74) is 0.753. The number of halogens is 3. The van der Waals surface area contributed by atoms with Gasteiger partial charge in [0.25, 0.3) is 0 Å². The van der Waals surface area contributed by atoms with E-state index in [1.807, 2.05) is 0 Å². The lowest BCUT2D eigenvalue weighted by Gasteiger charge is -1.99. The summed E-state index contributed by atoms with van der Waals surface area (Å²) >= 11 is 0.672. The zero-order valence-corrected chi connectivity index (χ0v) is 8.56. The van der Waals surface area contributed by atoms with Gasteiger partial charge in [0.1, 0.15) is 0 Å². The third-order valence-electron chi connectivity index (χ3n) is 1.66. The van der Waals surface area contributed by atoms with Gasteiger partial charge in [0.05, 0.1) is 18.6 Å². The van der Waals surface area contributed by atoms with Gasteiger partial charge in [-0.3, -0.25) is 0 Å². The minimum absolute atomic E-state index is 0.127. The fourth-order valence-corrected chi connectivity index (χ4v) is 1.54. The first-order valence-electron chi connectivity index (χ1n) is 4.18. The van der Waals surface area contributed by atoms with Gasteiger partial charge in [-0.2, -0.15) is 22.5 Å². The van der Waals surface area contributed by atoms with E-state index in [4.69, 9.17) is 0 Å². The van der Waals surface area contributed by atoms with Gasteiger partial charge in [-0.05, 0) is 0 Å². The highest BCUT2D eigenvalue weighted by atomic mass is 32.1. The molecule has 86 valence electrons. The maximum atomic E-state index is 12.2. The SMILES string of the molecule is FC(F)(F)c1nsc(NCc2cnc[nH]2)n1. The van der Waals surface area contributed by atoms with E-state index in [1.54, 1.807) is 6.20 Å². The summed E-state index contributed by atoms with van der Waals surface area (Å²) < 4.78 is 39.7. The first kappa shape index (κ1) is 10.9. The van der Waals surface area contributed by atoms with Crippen LogP contribution in [0.4, 0.5) is 18.3 Å². The topological polar surface area (TPSA) is 66.5 Å². The fraction of sp³-hybridized carbons (Fsp3) is 0.286. The van der Waals surface area contributed by atoms with Gasteiger partial charge in [-0.1, -0.05) is 0 Å². The van der Waals surface area contributed by atoms with Crippen LogP contribution in [0.5, 0.6) is 0 Å². The van der Waals surface area contributed by atoms with Crippen molar-refractivity contribution < 1.29 is 13.2 Å². The molecule has 0 amide bonds. The third kappa shape index (κ3) is 2.48. The van der Waals surface area contributed by atoms with E-state index in [2.05, 4.69) is 24.6 Å².